The van der Waals surface area contributed by atoms with Crippen molar-refractivity contribution in [1.29, 1.82) is 0 Å². The summed E-state index contributed by atoms with van der Waals surface area (Å²) < 4.78 is 10.9. The molecule has 0 aliphatic carbocycles. The molecule has 0 fully saturated rings. The highest BCUT2D eigenvalue weighted by atomic mass is 16.6. The number of hydrogen-bond acceptors (Lipinski definition) is 6. The molecule has 1 aliphatic heterocycles. The number of benzene rings is 2. The zero-order valence-electron chi connectivity index (χ0n) is 13.9. The fraction of sp³-hybridized carbons (Fsp3) is 0. The second-order valence-corrected chi connectivity index (χ2v) is 5.71. The number of esters is 1. The molecule has 7 heteroatoms. The van der Waals surface area contributed by atoms with Gasteiger partial charge in [0.05, 0.1) is 4.92 Å². The van der Waals surface area contributed by atoms with E-state index >= 15 is 0 Å². The molecule has 0 radical (unpaired) electrons. The van der Waals surface area contributed by atoms with Crippen LogP contribution in [0.5, 0.6) is 0 Å². The molecule has 132 valence electrons. The molecule has 4 rings (SSSR count). The lowest BCUT2D eigenvalue weighted by molar-refractivity contribution is -0.384. The normalized spacial score (nSPS) is 14.9. The first kappa shape index (κ1) is 16.5. The molecule has 0 spiro atoms. The van der Waals surface area contributed by atoms with Crippen LogP contribution in [0.2, 0.25) is 0 Å². The van der Waals surface area contributed by atoms with E-state index in [1.807, 2.05) is 18.2 Å². The Morgan fingerprint density at radius 2 is 1.74 bits per heavy atom. The topological polar surface area (TPSA) is 94.9 Å². The minimum absolute atomic E-state index is 0.0275. The number of ether oxygens (including phenoxy) is 1. The molecule has 0 unspecified atom stereocenters. The van der Waals surface area contributed by atoms with Crippen LogP contribution in [0, 0.1) is 10.1 Å². The maximum absolute atomic E-state index is 12.0. The average Bonchev–Trinajstić information content (AvgIpc) is 3.30. The number of aliphatic imine (C=N–C) groups is 1. The minimum Gasteiger partial charge on any atom is -0.457 e. The molecule has 0 atom stereocenters. The zero-order valence-corrected chi connectivity index (χ0v) is 13.9. The van der Waals surface area contributed by atoms with Gasteiger partial charge in [0.15, 0.2) is 5.70 Å². The second kappa shape index (κ2) is 6.72. The Balaban J connectivity index is 1.62. The number of nitro groups is 1. The number of rotatable bonds is 4. The number of nitro benzene ring substituents is 1. The highest BCUT2D eigenvalue weighted by molar-refractivity contribution is 6.12. The van der Waals surface area contributed by atoms with Gasteiger partial charge < -0.3 is 9.15 Å². The van der Waals surface area contributed by atoms with E-state index in [-0.39, 0.29) is 17.3 Å². The van der Waals surface area contributed by atoms with E-state index in [0.717, 1.165) is 0 Å². The lowest BCUT2D eigenvalue weighted by atomic mass is 10.1. The number of carbonyl (C=O) groups excluding carboxylic acids is 1. The predicted octanol–water partition coefficient (Wildman–Crippen LogP) is 4.20. The Morgan fingerprint density at radius 3 is 2.52 bits per heavy atom. The largest absolute Gasteiger partial charge is 0.457 e. The first-order chi connectivity index (χ1) is 13.1. The van der Waals surface area contributed by atoms with Crippen LogP contribution in [-0.4, -0.2) is 16.8 Å². The Morgan fingerprint density at radius 1 is 0.963 bits per heavy atom. The van der Waals surface area contributed by atoms with Crippen LogP contribution in [-0.2, 0) is 9.53 Å². The van der Waals surface area contributed by atoms with Crippen LogP contribution in [0.3, 0.4) is 0 Å². The van der Waals surface area contributed by atoms with Crippen LogP contribution in [0.25, 0.3) is 17.4 Å². The van der Waals surface area contributed by atoms with Crippen molar-refractivity contribution in [3.05, 3.63) is 93.9 Å². The highest BCUT2D eigenvalue weighted by Crippen LogP contribution is 2.27. The molecule has 0 saturated heterocycles. The molecule has 0 N–H and O–H groups in total. The third-order valence-corrected chi connectivity index (χ3v) is 3.89. The van der Waals surface area contributed by atoms with Crippen molar-refractivity contribution < 1.29 is 18.9 Å². The fourth-order valence-corrected chi connectivity index (χ4v) is 2.61. The molecule has 7 nitrogen and oxygen atoms in total. The lowest BCUT2D eigenvalue weighted by Gasteiger charge is -1.97. The van der Waals surface area contributed by atoms with Crippen molar-refractivity contribution in [1.82, 2.24) is 0 Å². The van der Waals surface area contributed by atoms with E-state index in [1.165, 1.54) is 18.2 Å². The van der Waals surface area contributed by atoms with E-state index in [1.54, 1.807) is 36.4 Å². The Hall–Kier alpha value is -4.00. The quantitative estimate of drug-likeness (QED) is 0.301. The maximum Gasteiger partial charge on any atom is 0.363 e. The number of hydrogen-bond donors (Lipinski definition) is 0. The molecule has 0 bridgehead atoms. The first-order valence-corrected chi connectivity index (χ1v) is 8.03. The Kier molecular flexibility index (Phi) is 4.10. The SMILES string of the molecule is O=C1OC(c2ccccc2)=NC1=Cc1ccc(-c2cccc([N+](=O)[O-])c2)o1. The summed E-state index contributed by atoms with van der Waals surface area (Å²) in [4.78, 5) is 26.7. The summed E-state index contributed by atoms with van der Waals surface area (Å²) in [5.41, 5.74) is 1.36. The summed E-state index contributed by atoms with van der Waals surface area (Å²) in [7, 11) is 0. The molecule has 0 amide bonds. The number of furan rings is 1. The molecule has 2 aromatic carbocycles. The van der Waals surface area contributed by atoms with E-state index in [9.17, 15) is 14.9 Å². The van der Waals surface area contributed by atoms with Gasteiger partial charge in [0.1, 0.15) is 11.5 Å². The molecular formula is C20H12N2O5. The van der Waals surface area contributed by atoms with Crippen LogP contribution in [0.1, 0.15) is 11.3 Å². The summed E-state index contributed by atoms with van der Waals surface area (Å²) in [5, 5.41) is 10.9. The molecule has 0 saturated carbocycles. The van der Waals surface area contributed by atoms with Gasteiger partial charge in [-0.3, -0.25) is 10.1 Å². The summed E-state index contributed by atoms with van der Waals surface area (Å²) in [6, 6.07) is 18.5. The van der Waals surface area contributed by atoms with Crippen molar-refractivity contribution in [2.75, 3.05) is 0 Å². The minimum atomic E-state index is -0.567. The van der Waals surface area contributed by atoms with Crippen molar-refractivity contribution in [2.24, 2.45) is 4.99 Å². The summed E-state index contributed by atoms with van der Waals surface area (Å²) in [5.74, 6) is 0.505. The molecule has 27 heavy (non-hydrogen) atoms. The number of cyclic esters (lactones) is 1. The maximum atomic E-state index is 12.0. The number of nitrogens with zero attached hydrogens (tertiary/aromatic N) is 2. The van der Waals surface area contributed by atoms with Crippen molar-refractivity contribution in [2.45, 2.75) is 0 Å². The number of carbonyl (C=O) groups is 1. The first-order valence-electron chi connectivity index (χ1n) is 8.03. The van der Waals surface area contributed by atoms with Crippen molar-refractivity contribution in [3.8, 4) is 11.3 Å². The third kappa shape index (κ3) is 3.38. The monoisotopic (exact) mass is 360 g/mol. The Labute approximate surface area is 153 Å². The molecule has 2 heterocycles. The summed E-state index contributed by atoms with van der Waals surface area (Å²) in [6.45, 7) is 0. The molecule has 1 aliphatic rings. The highest BCUT2D eigenvalue weighted by Gasteiger charge is 2.24. The van der Waals surface area contributed by atoms with Gasteiger partial charge >= 0.3 is 5.97 Å². The summed E-state index contributed by atoms with van der Waals surface area (Å²) in [6.07, 6.45) is 1.47. The summed E-state index contributed by atoms with van der Waals surface area (Å²) >= 11 is 0. The lowest BCUT2D eigenvalue weighted by Crippen LogP contribution is -2.04. The van der Waals surface area contributed by atoms with Gasteiger partial charge in [-0.1, -0.05) is 30.3 Å². The predicted molar refractivity (Wildman–Crippen MR) is 97.8 cm³/mol. The second-order valence-electron chi connectivity index (χ2n) is 5.71. The molecular weight excluding hydrogens is 348 g/mol. The van der Waals surface area contributed by atoms with Gasteiger partial charge in [-0.15, -0.1) is 0 Å². The van der Waals surface area contributed by atoms with Crippen LogP contribution < -0.4 is 0 Å². The van der Waals surface area contributed by atoms with E-state index in [4.69, 9.17) is 9.15 Å². The van der Waals surface area contributed by atoms with Gasteiger partial charge in [-0.05, 0) is 24.3 Å². The molecule has 1 aromatic heterocycles. The zero-order chi connectivity index (χ0) is 18.8. The van der Waals surface area contributed by atoms with Crippen molar-refractivity contribution in [3.63, 3.8) is 0 Å². The van der Waals surface area contributed by atoms with Gasteiger partial charge in [0.2, 0.25) is 5.90 Å². The Bertz CT molecular complexity index is 1100. The fourth-order valence-electron chi connectivity index (χ4n) is 2.61. The van der Waals surface area contributed by atoms with Crippen LogP contribution in [0.4, 0.5) is 5.69 Å². The van der Waals surface area contributed by atoms with Gasteiger partial charge in [-0.25, -0.2) is 9.79 Å². The van der Waals surface area contributed by atoms with E-state index in [0.29, 0.717) is 22.6 Å². The van der Waals surface area contributed by atoms with Gasteiger partial charge in [0.25, 0.3) is 5.69 Å². The van der Waals surface area contributed by atoms with Gasteiger partial charge in [-0.2, -0.15) is 0 Å². The van der Waals surface area contributed by atoms with E-state index in [2.05, 4.69) is 4.99 Å². The third-order valence-electron chi connectivity index (χ3n) is 3.89. The smallest absolute Gasteiger partial charge is 0.363 e. The standard InChI is InChI=1S/C20H12N2O5/c23-20-17(21-19(27-20)13-5-2-1-3-6-13)12-16-9-10-18(26-16)14-7-4-8-15(11-14)22(24)25/h1-12H. The van der Waals surface area contributed by atoms with E-state index < -0.39 is 10.9 Å². The van der Waals surface area contributed by atoms with Crippen LogP contribution in [0.15, 0.2) is 81.8 Å². The molecule has 3 aromatic rings. The van der Waals surface area contributed by atoms with Gasteiger partial charge in [0, 0.05) is 29.3 Å². The van der Waals surface area contributed by atoms with Crippen molar-refractivity contribution >= 4 is 23.6 Å². The average molecular weight is 360 g/mol. The number of non-ortho nitro benzene ring substituents is 1. The van der Waals surface area contributed by atoms with Crippen LogP contribution >= 0.6 is 0 Å².